The van der Waals surface area contributed by atoms with E-state index in [-0.39, 0.29) is 42.6 Å². The second-order valence-corrected chi connectivity index (χ2v) is 16.5. The van der Waals surface area contributed by atoms with Crippen molar-refractivity contribution in [2.75, 3.05) is 13.1 Å². The van der Waals surface area contributed by atoms with Gasteiger partial charge < -0.3 is 57.9 Å². The van der Waals surface area contributed by atoms with E-state index in [9.17, 15) is 53.7 Å². The van der Waals surface area contributed by atoms with Crippen molar-refractivity contribution in [2.45, 2.75) is 109 Å². The minimum atomic E-state index is -1.38. The Morgan fingerprint density at radius 2 is 1.05 bits per heavy atom. The van der Waals surface area contributed by atoms with Crippen molar-refractivity contribution >= 4 is 47.3 Å². The highest BCUT2D eigenvalue weighted by Gasteiger charge is 2.32. The smallest absolute Gasteiger partial charge is 0.326 e. The first-order chi connectivity index (χ1) is 30.9. The van der Waals surface area contributed by atoms with Gasteiger partial charge in [0.05, 0.1) is 12.6 Å². The quantitative estimate of drug-likeness (QED) is 0.0603. The molecule has 3 aromatic rings. The molecule has 0 bridgehead atoms. The average molecular weight is 901 g/mol. The number of hydrogen-bond acceptors (Lipinski definition) is 11. The van der Waals surface area contributed by atoms with Crippen molar-refractivity contribution in [1.29, 1.82) is 0 Å². The van der Waals surface area contributed by atoms with Crippen LogP contribution in [0.5, 0.6) is 11.5 Å². The molecule has 0 aromatic heterocycles. The molecule has 1 aliphatic rings. The molecule has 350 valence electrons. The molecule has 19 nitrogen and oxygen atoms in total. The number of nitrogens with one attached hydrogen (secondary N) is 8. The summed E-state index contributed by atoms with van der Waals surface area (Å²) in [5, 5.41) is 50.4. The first kappa shape index (κ1) is 50.6. The topological polar surface area (TPSA) is 293 Å². The Hall–Kier alpha value is -7.02. The third-order valence-corrected chi connectivity index (χ3v) is 10.6. The third-order valence-electron chi connectivity index (χ3n) is 10.6. The fourth-order valence-electron chi connectivity index (χ4n) is 6.98. The van der Waals surface area contributed by atoms with Gasteiger partial charge in [-0.1, -0.05) is 68.4 Å². The molecule has 7 atom stereocenters. The standard InChI is InChI=1S/C46H60N8O11/c1-26(2)21-35(53-43(61)34-11-8-20-47-34)44(62)50-28(4)41(59)51-36(23-30-12-16-32(55)17-13-30)42(60)48-25-39(57)49-27(3)40(58)52-37(22-29-9-6-5-7-10-29)45(63)54-38(46(64)65)24-31-14-18-33(56)19-15-31/h5-7,9-10,12-19,26-28,34-38,47,55-56H,8,11,20-25H2,1-4H3,(H,48,60)(H,49,57)(H,50,62)(H,51,59)(H,52,58)(H,53,61)(H,54,63)(H,64,65)/t27-,28-,34-,35-,36-,37-,38-/m0/s1. The van der Waals surface area contributed by atoms with Crippen LogP contribution in [0.25, 0.3) is 0 Å². The van der Waals surface area contributed by atoms with E-state index in [1.54, 1.807) is 42.5 Å². The molecule has 3 aromatic carbocycles. The molecule has 0 radical (unpaired) electrons. The lowest BCUT2D eigenvalue weighted by Gasteiger charge is -2.25. The number of amides is 7. The monoisotopic (exact) mass is 900 g/mol. The normalized spacial score (nSPS) is 16.0. The van der Waals surface area contributed by atoms with Crippen molar-refractivity contribution in [1.82, 2.24) is 42.5 Å². The summed E-state index contributed by atoms with van der Waals surface area (Å²) in [7, 11) is 0. The molecule has 19 heteroatoms. The minimum Gasteiger partial charge on any atom is -0.508 e. The van der Waals surface area contributed by atoms with Crippen molar-refractivity contribution in [3.05, 3.63) is 95.6 Å². The molecule has 11 N–H and O–H groups in total. The van der Waals surface area contributed by atoms with E-state index in [0.717, 1.165) is 6.42 Å². The van der Waals surface area contributed by atoms with Crippen LogP contribution < -0.4 is 42.5 Å². The second-order valence-electron chi connectivity index (χ2n) is 16.5. The number of carbonyl (C=O) groups is 8. The Balaban J connectivity index is 1.37. The molecule has 1 heterocycles. The van der Waals surface area contributed by atoms with Gasteiger partial charge in [0.2, 0.25) is 41.4 Å². The first-order valence-corrected chi connectivity index (χ1v) is 21.5. The van der Waals surface area contributed by atoms with Crippen LogP contribution in [-0.2, 0) is 57.6 Å². The van der Waals surface area contributed by atoms with Crippen molar-refractivity contribution in [3.8, 4) is 11.5 Å². The van der Waals surface area contributed by atoms with Crippen molar-refractivity contribution < 1.29 is 53.7 Å². The molecule has 1 saturated heterocycles. The lowest BCUT2D eigenvalue weighted by Crippen LogP contribution is -2.58. The van der Waals surface area contributed by atoms with E-state index in [4.69, 9.17) is 0 Å². The predicted molar refractivity (Wildman–Crippen MR) is 238 cm³/mol. The first-order valence-electron chi connectivity index (χ1n) is 21.5. The van der Waals surface area contributed by atoms with Crippen molar-refractivity contribution in [3.63, 3.8) is 0 Å². The summed E-state index contributed by atoms with van der Waals surface area (Å²) in [4.78, 5) is 105. The van der Waals surface area contributed by atoms with Crippen LogP contribution >= 0.6 is 0 Å². The Labute approximate surface area is 377 Å². The van der Waals surface area contributed by atoms with Gasteiger partial charge in [0.25, 0.3) is 0 Å². The van der Waals surface area contributed by atoms with Gasteiger partial charge in [-0.05, 0) is 86.5 Å². The van der Waals surface area contributed by atoms with Crippen LogP contribution in [0.2, 0.25) is 0 Å². The zero-order chi connectivity index (χ0) is 47.6. The number of aliphatic carboxylic acids is 1. The van der Waals surface area contributed by atoms with Crippen LogP contribution in [0, 0.1) is 5.92 Å². The number of carboxylic acids is 1. The van der Waals surface area contributed by atoms with E-state index < -0.39 is 90.3 Å². The van der Waals surface area contributed by atoms with Gasteiger partial charge in [0.1, 0.15) is 47.8 Å². The summed E-state index contributed by atoms with van der Waals surface area (Å²) in [6.07, 6.45) is 1.57. The number of carboxylic acid groups (broad SMARTS) is 1. The SMILES string of the molecule is CC(C)C[C@H](NC(=O)[C@@H]1CCCN1)C(=O)N[C@@H](C)C(=O)N[C@@H](Cc1ccc(O)cc1)C(=O)NCC(=O)N[C@@H](C)C(=O)N[C@@H](Cc1ccccc1)C(=O)N[C@@H](Cc1ccc(O)cc1)C(=O)O. The molecule has 7 amide bonds. The lowest BCUT2D eigenvalue weighted by atomic mass is 10.0. The van der Waals surface area contributed by atoms with Gasteiger partial charge in [-0.3, -0.25) is 33.6 Å². The van der Waals surface area contributed by atoms with Gasteiger partial charge in [-0.2, -0.15) is 0 Å². The van der Waals surface area contributed by atoms with E-state index >= 15 is 0 Å². The van der Waals surface area contributed by atoms with Crippen molar-refractivity contribution in [2.24, 2.45) is 5.92 Å². The van der Waals surface area contributed by atoms with Crippen LogP contribution in [-0.4, -0.2) is 118 Å². The average Bonchev–Trinajstić information content (AvgIpc) is 3.82. The predicted octanol–water partition coefficient (Wildman–Crippen LogP) is 0.0732. The highest BCUT2D eigenvalue weighted by atomic mass is 16.4. The summed E-state index contributed by atoms with van der Waals surface area (Å²) in [6, 6.07) is 12.7. The molecule has 0 aliphatic carbocycles. The molecular weight excluding hydrogens is 841 g/mol. The van der Waals surface area contributed by atoms with Gasteiger partial charge in [-0.25, -0.2) is 4.79 Å². The molecule has 0 spiro atoms. The zero-order valence-electron chi connectivity index (χ0n) is 36.9. The number of carbonyl (C=O) groups excluding carboxylic acids is 7. The number of rotatable bonds is 23. The Bertz CT molecular complexity index is 2110. The maximum Gasteiger partial charge on any atom is 0.326 e. The second kappa shape index (κ2) is 24.7. The summed E-state index contributed by atoms with van der Waals surface area (Å²) in [6.45, 7) is 6.62. The third kappa shape index (κ3) is 16.9. The highest BCUT2D eigenvalue weighted by molar-refractivity contribution is 5.96. The number of hydrogen-bond donors (Lipinski definition) is 11. The Morgan fingerprint density at radius 3 is 1.55 bits per heavy atom. The maximum atomic E-state index is 13.6. The zero-order valence-corrected chi connectivity index (χ0v) is 36.9. The molecule has 65 heavy (non-hydrogen) atoms. The van der Waals surface area contributed by atoms with Gasteiger partial charge in [0, 0.05) is 19.3 Å². The summed E-state index contributed by atoms with van der Waals surface area (Å²) in [5.74, 6) is -6.13. The number of benzene rings is 3. The number of aromatic hydroxyl groups is 2. The van der Waals surface area contributed by atoms with E-state index in [1.807, 2.05) is 13.8 Å². The molecular formula is C46H60N8O11. The number of phenols is 2. The summed E-state index contributed by atoms with van der Waals surface area (Å²) < 4.78 is 0. The van der Waals surface area contributed by atoms with E-state index in [2.05, 4.69) is 42.5 Å². The van der Waals surface area contributed by atoms with Crippen LogP contribution in [0.4, 0.5) is 0 Å². The minimum absolute atomic E-state index is 0.0150. The van der Waals surface area contributed by atoms with Crippen LogP contribution in [0.3, 0.4) is 0 Å². The molecule has 1 fully saturated rings. The highest BCUT2D eigenvalue weighted by Crippen LogP contribution is 2.14. The molecule has 1 aliphatic heterocycles. The van der Waals surface area contributed by atoms with Crippen LogP contribution in [0.1, 0.15) is 63.6 Å². The molecule has 4 rings (SSSR count). The number of phenolic OH excluding ortho intramolecular Hbond substituents is 2. The van der Waals surface area contributed by atoms with Gasteiger partial charge in [0.15, 0.2) is 0 Å². The summed E-state index contributed by atoms with van der Waals surface area (Å²) >= 11 is 0. The Kier molecular flexibility index (Phi) is 19.3. The largest absolute Gasteiger partial charge is 0.508 e. The van der Waals surface area contributed by atoms with E-state index in [0.29, 0.717) is 36.1 Å². The fraction of sp³-hybridized carbons (Fsp3) is 0.435. The summed E-state index contributed by atoms with van der Waals surface area (Å²) in [5.41, 5.74) is 1.72. The van der Waals surface area contributed by atoms with E-state index in [1.165, 1.54) is 50.2 Å². The maximum absolute atomic E-state index is 13.6. The van der Waals surface area contributed by atoms with Crippen LogP contribution in [0.15, 0.2) is 78.9 Å². The lowest BCUT2D eigenvalue weighted by molar-refractivity contribution is -0.142. The molecule has 0 saturated carbocycles. The van der Waals surface area contributed by atoms with Gasteiger partial charge in [-0.15, -0.1) is 0 Å². The van der Waals surface area contributed by atoms with Gasteiger partial charge >= 0.3 is 5.97 Å². The molecule has 0 unspecified atom stereocenters. The Morgan fingerprint density at radius 1 is 0.569 bits per heavy atom. The fourth-order valence-corrected chi connectivity index (χ4v) is 6.98.